The van der Waals surface area contributed by atoms with Crippen LogP contribution in [0.4, 0.5) is 11.5 Å². The van der Waals surface area contributed by atoms with Crippen molar-refractivity contribution in [1.82, 2.24) is 14.8 Å². The van der Waals surface area contributed by atoms with Crippen molar-refractivity contribution < 1.29 is 14.5 Å². The van der Waals surface area contributed by atoms with E-state index in [0.717, 1.165) is 16.0 Å². The van der Waals surface area contributed by atoms with E-state index < -0.39 is 10.8 Å². The average molecular weight is 409 g/mol. The minimum Gasteiger partial charge on any atom is -0.497 e. The number of hydrogen-bond donors (Lipinski definition) is 1. The molecule has 0 saturated heterocycles. The highest BCUT2D eigenvalue weighted by molar-refractivity contribution is 7.20. The average Bonchev–Trinajstić information content (AvgIpc) is 3.30. The molecule has 4 aromatic rings. The van der Waals surface area contributed by atoms with Gasteiger partial charge in [0, 0.05) is 23.8 Å². The number of non-ortho nitro benzene ring substituents is 1. The van der Waals surface area contributed by atoms with E-state index in [-0.39, 0.29) is 11.3 Å². The molecule has 0 aliphatic rings. The van der Waals surface area contributed by atoms with E-state index in [4.69, 9.17) is 4.74 Å². The maximum Gasteiger partial charge on any atom is 0.270 e. The van der Waals surface area contributed by atoms with E-state index in [1.165, 1.54) is 35.6 Å². The molecule has 4 rings (SSSR count). The minimum absolute atomic E-state index is 0.151. The molecule has 0 spiro atoms. The van der Waals surface area contributed by atoms with Crippen LogP contribution in [0.25, 0.3) is 15.3 Å². The van der Waals surface area contributed by atoms with Crippen molar-refractivity contribution in [2.75, 3.05) is 12.4 Å². The van der Waals surface area contributed by atoms with Gasteiger partial charge in [0.2, 0.25) is 5.13 Å². The van der Waals surface area contributed by atoms with Gasteiger partial charge in [0.15, 0.2) is 0 Å². The maximum atomic E-state index is 12.6. The highest BCUT2D eigenvalue weighted by Crippen LogP contribution is 2.30. The van der Waals surface area contributed by atoms with Crippen LogP contribution < -0.4 is 10.1 Å². The number of rotatable bonds is 5. The molecule has 0 aliphatic carbocycles. The lowest BCUT2D eigenvalue weighted by molar-refractivity contribution is -0.384. The van der Waals surface area contributed by atoms with Crippen LogP contribution >= 0.6 is 11.3 Å². The second kappa shape index (κ2) is 7.32. The fourth-order valence-electron chi connectivity index (χ4n) is 2.79. The molecule has 1 amide bonds. The first-order chi connectivity index (χ1) is 13.9. The van der Waals surface area contributed by atoms with Gasteiger partial charge in [0.25, 0.3) is 11.6 Å². The van der Waals surface area contributed by atoms with E-state index >= 15 is 0 Å². The third-order valence-electron chi connectivity index (χ3n) is 4.16. The number of aryl methyl sites for hydroxylation is 1. The number of nitro benzene ring substituents is 1. The minimum atomic E-state index is -0.541. The predicted octanol–water partition coefficient (Wildman–Crippen LogP) is 3.96. The summed E-state index contributed by atoms with van der Waals surface area (Å²) in [6.45, 7) is 1.80. The largest absolute Gasteiger partial charge is 0.497 e. The second-order valence-electron chi connectivity index (χ2n) is 6.17. The van der Waals surface area contributed by atoms with Crippen molar-refractivity contribution in [3.05, 3.63) is 69.9 Å². The lowest BCUT2D eigenvalue weighted by atomic mass is 10.2. The van der Waals surface area contributed by atoms with Crippen LogP contribution in [-0.4, -0.2) is 32.7 Å². The van der Waals surface area contributed by atoms with E-state index in [1.54, 1.807) is 24.8 Å². The molecule has 2 heterocycles. The summed E-state index contributed by atoms with van der Waals surface area (Å²) in [4.78, 5) is 27.6. The molecule has 0 bridgehead atoms. The van der Waals surface area contributed by atoms with Crippen LogP contribution in [0.1, 0.15) is 16.1 Å². The van der Waals surface area contributed by atoms with Crippen molar-refractivity contribution in [2.45, 2.75) is 6.92 Å². The molecule has 1 N–H and O–H groups in total. The van der Waals surface area contributed by atoms with Gasteiger partial charge in [-0.15, -0.1) is 0 Å². The summed E-state index contributed by atoms with van der Waals surface area (Å²) in [7, 11) is 1.60. The molecule has 10 heteroatoms. The standard InChI is InChI=1S/C19H15N5O4S/c1-11-8-17(21-18(25)12-4-3-5-13(9-12)24(26)27)23(22-11)19-20-15-7-6-14(28-2)10-16(15)29-19/h3-10H,1-2H3,(H,21,25). The van der Waals surface area contributed by atoms with E-state index in [1.807, 2.05) is 18.2 Å². The lowest BCUT2D eigenvalue weighted by Crippen LogP contribution is -2.15. The zero-order valence-electron chi connectivity index (χ0n) is 15.4. The number of nitrogens with zero attached hydrogens (tertiary/aromatic N) is 4. The molecule has 146 valence electrons. The third-order valence-corrected chi connectivity index (χ3v) is 5.15. The zero-order chi connectivity index (χ0) is 20.5. The number of nitrogens with one attached hydrogen (secondary N) is 1. The number of carbonyl (C=O) groups excluding carboxylic acids is 1. The molecule has 0 saturated carbocycles. The Labute approximate surface area is 168 Å². The number of aromatic nitrogens is 3. The Hall–Kier alpha value is -3.79. The number of ether oxygens (including phenoxy) is 1. The SMILES string of the molecule is COc1ccc2nc(-n3nc(C)cc3NC(=O)c3cccc([N+](=O)[O-])c3)sc2c1. The summed E-state index contributed by atoms with van der Waals surface area (Å²) < 4.78 is 7.71. The van der Waals surface area contributed by atoms with Crippen molar-refractivity contribution in [3.63, 3.8) is 0 Å². The molecule has 2 aromatic carbocycles. The van der Waals surface area contributed by atoms with Gasteiger partial charge in [-0.2, -0.15) is 9.78 Å². The van der Waals surface area contributed by atoms with Crippen molar-refractivity contribution in [2.24, 2.45) is 0 Å². The topological polar surface area (TPSA) is 112 Å². The summed E-state index contributed by atoms with van der Waals surface area (Å²) in [5, 5.41) is 18.7. The van der Waals surface area contributed by atoms with Gasteiger partial charge in [-0.1, -0.05) is 17.4 Å². The molecule has 9 nitrogen and oxygen atoms in total. The Bertz CT molecular complexity index is 1250. The zero-order valence-corrected chi connectivity index (χ0v) is 16.3. The smallest absolute Gasteiger partial charge is 0.270 e. The van der Waals surface area contributed by atoms with Crippen molar-refractivity contribution in [1.29, 1.82) is 0 Å². The Morgan fingerprint density at radius 2 is 2.07 bits per heavy atom. The predicted molar refractivity (Wildman–Crippen MR) is 109 cm³/mol. The highest BCUT2D eigenvalue weighted by Gasteiger charge is 2.17. The van der Waals surface area contributed by atoms with Crippen LogP contribution in [0.2, 0.25) is 0 Å². The van der Waals surface area contributed by atoms with E-state index in [9.17, 15) is 14.9 Å². The molecular formula is C19H15N5O4S. The number of carbonyl (C=O) groups is 1. The summed E-state index contributed by atoms with van der Waals surface area (Å²) in [5.74, 6) is 0.672. The Morgan fingerprint density at radius 3 is 2.83 bits per heavy atom. The molecule has 0 unspecified atom stereocenters. The number of methoxy groups -OCH3 is 1. The van der Waals surface area contributed by atoms with Crippen LogP contribution in [0.5, 0.6) is 5.75 Å². The molecular weight excluding hydrogens is 394 g/mol. The van der Waals surface area contributed by atoms with Gasteiger partial charge in [-0.3, -0.25) is 14.9 Å². The van der Waals surface area contributed by atoms with Gasteiger partial charge in [0.1, 0.15) is 11.6 Å². The van der Waals surface area contributed by atoms with E-state index in [0.29, 0.717) is 16.6 Å². The van der Waals surface area contributed by atoms with Crippen LogP contribution in [0.3, 0.4) is 0 Å². The molecule has 0 atom stereocenters. The van der Waals surface area contributed by atoms with Gasteiger partial charge in [-0.25, -0.2) is 4.98 Å². The summed E-state index contributed by atoms with van der Waals surface area (Å²) in [6, 6.07) is 12.8. The Morgan fingerprint density at radius 1 is 1.24 bits per heavy atom. The normalized spacial score (nSPS) is 10.8. The van der Waals surface area contributed by atoms with E-state index in [2.05, 4.69) is 15.4 Å². The summed E-state index contributed by atoms with van der Waals surface area (Å²) in [6.07, 6.45) is 0. The van der Waals surface area contributed by atoms with Crippen LogP contribution in [0.15, 0.2) is 48.5 Å². The monoisotopic (exact) mass is 409 g/mol. The van der Waals surface area contributed by atoms with Gasteiger partial charge < -0.3 is 10.1 Å². The Balaban J connectivity index is 1.67. The summed E-state index contributed by atoms with van der Waals surface area (Å²) >= 11 is 1.41. The first kappa shape index (κ1) is 18.6. The summed E-state index contributed by atoms with van der Waals surface area (Å²) in [5.41, 5.74) is 1.51. The number of thiazole rings is 1. The molecule has 0 radical (unpaired) electrons. The number of fused-ring (bicyclic) bond motifs is 1. The maximum absolute atomic E-state index is 12.6. The van der Waals surface area contributed by atoms with Crippen molar-refractivity contribution >= 4 is 39.0 Å². The quantitative estimate of drug-likeness (QED) is 0.394. The molecule has 0 fully saturated rings. The number of hydrogen-bond acceptors (Lipinski definition) is 7. The Kier molecular flexibility index (Phi) is 4.69. The van der Waals surface area contributed by atoms with Crippen LogP contribution in [0, 0.1) is 17.0 Å². The number of benzene rings is 2. The molecule has 2 aromatic heterocycles. The van der Waals surface area contributed by atoms with Gasteiger partial charge in [-0.05, 0) is 31.2 Å². The molecule has 0 aliphatic heterocycles. The second-order valence-corrected chi connectivity index (χ2v) is 7.18. The fraction of sp³-hybridized carbons (Fsp3) is 0.105. The molecule has 29 heavy (non-hydrogen) atoms. The first-order valence-electron chi connectivity index (χ1n) is 8.52. The number of nitro groups is 1. The first-order valence-corrected chi connectivity index (χ1v) is 9.33. The number of anilines is 1. The van der Waals surface area contributed by atoms with Crippen molar-refractivity contribution in [3.8, 4) is 10.9 Å². The lowest BCUT2D eigenvalue weighted by Gasteiger charge is -2.06. The third kappa shape index (κ3) is 3.65. The number of amides is 1. The van der Waals surface area contributed by atoms with Gasteiger partial charge >= 0.3 is 0 Å². The van der Waals surface area contributed by atoms with Crippen LogP contribution in [-0.2, 0) is 0 Å². The van der Waals surface area contributed by atoms with Gasteiger partial charge in [0.05, 0.1) is 27.9 Å². The fourth-order valence-corrected chi connectivity index (χ4v) is 3.75. The highest BCUT2D eigenvalue weighted by atomic mass is 32.1.